The van der Waals surface area contributed by atoms with E-state index in [1.54, 1.807) is 7.05 Å². The quantitative estimate of drug-likeness (QED) is 0.679. The third-order valence-electron chi connectivity index (χ3n) is 3.64. The van der Waals surface area contributed by atoms with Crippen molar-refractivity contribution in [2.75, 3.05) is 25.5 Å². The summed E-state index contributed by atoms with van der Waals surface area (Å²) in [6.45, 7) is 0.952. The molecule has 0 saturated carbocycles. The van der Waals surface area contributed by atoms with Gasteiger partial charge in [0.15, 0.2) is 0 Å². The van der Waals surface area contributed by atoms with E-state index >= 15 is 0 Å². The fourth-order valence-corrected chi connectivity index (χ4v) is 4.00. The zero-order valence-corrected chi connectivity index (χ0v) is 12.7. The van der Waals surface area contributed by atoms with Crippen LogP contribution in [0.2, 0.25) is 0 Å². The molecule has 2 rings (SSSR count). The lowest BCUT2D eigenvalue weighted by molar-refractivity contribution is -0.384. The van der Waals surface area contributed by atoms with Gasteiger partial charge in [0.05, 0.1) is 9.82 Å². The number of nitro groups is 1. The number of nitro benzene ring substituents is 1. The molecule has 0 aliphatic carbocycles. The lowest BCUT2D eigenvalue weighted by atomic mass is 10.2. The second kappa shape index (κ2) is 6.40. The standard InChI is InChI=1S/C13H19N3O4S/c1-14-12-7-6-11(10-13(12)16(17)18)21(19,20)15-8-4-2-3-5-9-15/h6-7,10,14H,2-5,8-9H2,1H3. The van der Waals surface area contributed by atoms with Crippen LogP contribution >= 0.6 is 0 Å². The number of benzene rings is 1. The van der Waals surface area contributed by atoms with Gasteiger partial charge in [0.2, 0.25) is 10.0 Å². The molecule has 0 radical (unpaired) electrons. The van der Waals surface area contributed by atoms with Gasteiger partial charge in [0.25, 0.3) is 5.69 Å². The molecule has 1 aliphatic heterocycles. The Balaban J connectivity index is 2.39. The van der Waals surface area contributed by atoms with Crippen LogP contribution < -0.4 is 5.32 Å². The normalized spacial score (nSPS) is 17.2. The highest BCUT2D eigenvalue weighted by atomic mass is 32.2. The van der Waals surface area contributed by atoms with Crippen molar-refractivity contribution in [2.24, 2.45) is 0 Å². The number of anilines is 1. The van der Waals surface area contributed by atoms with E-state index in [2.05, 4.69) is 5.32 Å². The van der Waals surface area contributed by atoms with Crippen molar-refractivity contribution in [1.29, 1.82) is 0 Å². The minimum absolute atomic E-state index is 0.0184. The molecule has 0 amide bonds. The molecule has 1 aromatic rings. The molecule has 1 aliphatic rings. The lowest BCUT2D eigenvalue weighted by Gasteiger charge is -2.20. The van der Waals surface area contributed by atoms with Crippen molar-refractivity contribution in [3.05, 3.63) is 28.3 Å². The molecule has 8 heteroatoms. The summed E-state index contributed by atoms with van der Waals surface area (Å²) >= 11 is 0. The van der Waals surface area contributed by atoms with Crippen molar-refractivity contribution < 1.29 is 13.3 Å². The lowest BCUT2D eigenvalue weighted by Crippen LogP contribution is -2.32. The van der Waals surface area contributed by atoms with E-state index in [-0.39, 0.29) is 10.6 Å². The van der Waals surface area contributed by atoms with E-state index in [0.29, 0.717) is 18.8 Å². The largest absolute Gasteiger partial charge is 0.383 e. The molecule has 0 bridgehead atoms. The van der Waals surface area contributed by atoms with Crippen LogP contribution in [0.1, 0.15) is 25.7 Å². The van der Waals surface area contributed by atoms with Gasteiger partial charge >= 0.3 is 0 Å². The number of nitrogens with one attached hydrogen (secondary N) is 1. The Bertz CT molecular complexity index is 622. The Morgan fingerprint density at radius 3 is 2.33 bits per heavy atom. The van der Waals surface area contributed by atoms with Gasteiger partial charge in [-0.15, -0.1) is 0 Å². The Labute approximate surface area is 124 Å². The van der Waals surface area contributed by atoms with Crippen LogP contribution in [0.5, 0.6) is 0 Å². The van der Waals surface area contributed by atoms with Crippen molar-refractivity contribution in [3.63, 3.8) is 0 Å². The number of rotatable bonds is 4. The molecule has 1 heterocycles. The molecule has 0 unspecified atom stereocenters. The summed E-state index contributed by atoms with van der Waals surface area (Å²) in [7, 11) is -2.10. The molecule has 21 heavy (non-hydrogen) atoms. The second-order valence-electron chi connectivity index (χ2n) is 5.00. The van der Waals surface area contributed by atoms with Crippen LogP contribution in [0.25, 0.3) is 0 Å². The molecule has 1 N–H and O–H groups in total. The summed E-state index contributed by atoms with van der Waals surface area (Å²) in [5, 5.41) is 13.7. The third kappa shape index (κ3) is 3.33. The maximum atomic E-state index is 12.6. The summed E-state index contributed by atoms with van der Waals surface area (Å²) in [6, 6.07) is 3.98. The SMILES string of the molecule is CNc1ccc(S(=O)(=O)N2CCCCCC2)cc1[N+](=O)[O-]. The topological polar surface area (TPSA) is 92.6 Å². The monoisotopic (exact) mass is 313 g/mol. The van der Waals surface area contributed by atoms with E-state index in [9.17, 15) is 18.5 Å². The van der Waals surface area contributed by atoms with Gasteiger partial charge in [-0.1, -0.05) is 12.8 Å². The molecular formula is C13H19N3O4S. The van der Waals surface area contributed by atoms with E-state index in [1.165, 1.54) is 16.4 Å². The van der Waals surface area contributed by atoms with E-state index in [1.807, 2.05) is 0 Å². The van der Waals surface area contributed by atoms with Gasteiger partial charge in [-0.05, 0) is 25.0 Å². The predicted octanol–water partition coefficient (Wildman–Crippen LogP) is 2.20. The first kappa shape index (κ1) is 15.7. The van der Waals surface area contributed by atoms with E-state index in [4.69, 9.17) is 0 Å². The summed E-state index contributed by atoms with van der Waals surface area (Å²) in [5.41, 5.74) is 0.0724. The average Bonchev–Trinajstić information content (AvgIpc) is 2.76. The summed E-state index contributed by atoms with van der Waals surface area (Å²) in [4.78, 5) is 10.5. The van der Waals surface area contributed by atoms with Crippen molar-refractivity contribution in [2.45, 2.75) is 30.6 Å². The molecular weight excluding hydrogens is 294 g/mol. The highest BCUT2D eigenvalue weighted by molar-refractivity contribution is 7.89. The number of nitrogens with zero attached hydrogens (tertiary/aromatic N) is 2. The summed E-state index contributed by atoms with van der Waals surface area (Å²) < 4.78 is 26.6. The number of hydrogen-bond donors (Lipinski definition) is 1. The highest BCUT2D eigenvalue weighted by Crippen LogP contribution is 2.29. The van der Waals surface area contributed by atoms with E-state index in [0.717, 1.165) is 31.7 Å². The Morgan fingerprint density at radius 1 is 1.19 bits per heavy atom. The molecule has 0 atom stereocenters. The van der Waals surface area contributed by atoms with Gasteiger partial charge in [-0.25, -0.2) is 8.42 Å². The van der Waals surface area contributed by atoms with Crippen LogP contribution in [-0.2, 0) is 10.0 Å². The first-order chi connectivity index (χ1) is 9.96. The molecule has 7 nitrogen and oxygen atoms in total. The maximum Gasteiger partial charge on any atom is 0.293 e. The number of sulfonamides is 1. The molecule has 0 spiro atoms. The van der Waals surface area contributed by atoms with Crippen LogP contribution in [0.15, 0.2) is 23.1 Å². The van der Waals surface area contributed by atoms with Crippen LogP contribution in [0.4, 0.5) is 11.4 Å². The van der Waals surface area contributed by atoms with Gasteiger partial charge in [-0.3, -0.25) is 10.1 Å². The van der Waals surface area contributed by atoms with Gasteiger partial charge in [-0.2, -0.15) is 4.31 Å². The predicted molar refractivity (Wildman–Crippen MR) is 79.9 cm³/mol. The molecule has 1 saturated heterocycles. The Kier molecular flexibility index (Phi) is 4.79. The first-order valence-electron chi connectivity index (χ1n) is 6.93. The fourth-order valence-electron chi connectivity index (χ4n) is 2.47. The zero-order valence-electron chi connectivity index (χ0n) is 11.9. The molecule has 1 fully saturated rings. The van der Waals surface area contributed by atoms with Gasteiger partial charge in [0, 0.05) is 26.2 Å². The summed E-state index contributed by atoms with van der Waals surface area (Å²) in [5.74, 6) is 0. The van der Waals surface area contributed by atoms with Crippen LogP contribution in [-0.4, -0.2) is 37.8 Å². The van der Waals surface area contributed by atoms with E-state index < -0.39 is 14.9 Å². The van der Waals surface area contributed by atoms with Crippen molar-refractivity contribution >= 4 is 21.4 Å². The van der Waals surface area contributed by atoms with Crippen LogP contribution in [0.3, 0.4) is 0 Å². The minimum atomic E-state index is -3.67. The first-order valence-corrected chi connectivity index (χ1v) is 8.37. The minimum Gasteiger partial charge on any atom is -0.383 e. The van der Waals surface area contributed by atoms with Gasteiger partial charge in [0.1, 0.15) is 5.69 Å². The Morgan fingerprint density at radius 2 is 1.81 bits per heavy atom. The number of hydrogen-bond acceptors (Lipinski definition) is 5. The maximum absolute atomic E-state index is 12.6. The van der Waals surface area contributed by atoms with Gasteiger partial charge < -0.3 is 5.32 Å². The molecule has 1 aromatic carbocycles. The fraction of sp³-hybridized carbons (Fsp3) is 0.538. The van der Waals surface area contributed by atoms with Crippen molar-refractivity contribution in [3.8, 4) is 0 Å². The second-order valence-corrected chi connectivity index (χ2v) is 6.94. The highest BCUT2D eigenvalue weighted by Gasteiger charge is 2.27. The smallest absolute Gasteiger partial charge is 0.293 e. The molecule has 116 valence electrons. The average molecular weight is 313 g/mol. The Hall–Kier alpha value is -1.67. The zero-order chi connectivity index (χ0) is 15.5. The third-order valence-corrected chi connectivity index (χ3v) is 5.53. The van der Waals surface area contributed by atoms with Crippen LogP contribution in [0, 0.1) is 10.1 Å². The molecule has 0 aromatic heterocycles. The summed E-state index contributed by atoms with van der Waals surface area (Å²) in [6.07, 6.45) is 3.70. The van der Waals surface area contributed by atoms with Crippen molar-refractivity contribution in [1.82, 2.24) is 4.31 Å².